The molecule has 1 aromatic heterocycles. The lowest BCUT2D eigenvalue weighted by Crippen LogP contribution is -2.25. The zero-order valence-corrected chi connectivity index (χ0v) is 17.9. The van der Waals surface area contributed by atoms with E-state index in [4.69, 9.17) is 0 Å². The van der Waals surface area contributed by atoms with E-state index >= 15 is 0 Å². The Hall–Kier alpha value is -3.64. The SMILES string of the molecule is CN(CC(=O)c1ccccc1)c1cccc(-c2ccc(Cc3sc(=O)[nH]c3O)cc2)c1. The number of nitrogens with one attached hydrogen (secondary N) is 1. The number of likely N-dealkylation sites (N-methyl/N-ethyl adjacent to an activating group) is 1. The second-order valence-electron chi connectivity index (χ2n) is 7.36. The van der Waals surface area contributed by atoms with Crippen LogP contribution in [-0.4, -0.2) is 29.5 Å². The topological polar surface area (TPSA) is 73.4 Å². The molecule has 0 amide bonds. The molecule has 0 radical (unpaired) electrons. The maximum absolute atomic E-state index is 12.5. The fraction of sp³-hybridized carbons (Fsp3) is 0.120. The number of aromatic amines is 1. The number of carbonyl (C=O) groups excluding carboxylic acids is 1. The van der Waals surface area contributed by atoms with Crippen LogP contribution in [0.3, 0.4) is 0 Å². The molecule has 0 saturated heterocycles. The van der Waals surface area contributed by atoms with Gasteiger partial charge in [0.05, 0.1) is 11.4 Å². The van der Waals surface area contributed by atoms with Gasteiger partial charge in [-0.1, -0.05) is 78.1 Å². The van der Waals surface area contributed by atoms with Crippen LogP contribution in [0.5, 0.6) is 5.88 Å². The standard InChI is InChI=1S/C25H22N2O3S/c1-27(16-22(28)19-6-3-2-4-7-19)21-9-5-8-20(15-21)18-12-10-17(11-13-18)14-23-24(29)26-25(30)31-23/h2-13,15,29H,14,16H2,1H3,(H,26,30). The Kier molecular flexibility index (Phi) is 6.00. The van der Waals surface area contributed by atoms with Crippen LogP contribution in [0.25, 0.3) is 11.1 Å². The van der Waals surface area contributed by atoms with Crippen molar-refractivity contribution in [2.24, 2.45) is 0 Å². The first-order chi connectivity index (χ1) is 15.0. The van der Waals surface area contributed by atoms with E-state index in [1.54, 1.807) is 0 Å². The van der Waals surface area contributed by atoms with Crippen molar-refractivity contribution in [3.05, 3.63) is 105 Å². The molecule has 0 bridgehead atoms. The zero-order chi connectivity index (χ0) is 21.8. The van der Waals surface area contributed by atoms with Gasteiger partial charge in [-0.15, -0.1) is 0 Å². The Morgan fingerprint density at radius 2 is 1.71 bits per heavy atom. The van der Waals surface area contributed by atoms with Crippen molar-refractivity contribution in [1.82, 2.24) is 4.98 Å². The number of benzene rings is 3. The minimum absolute atomic E-state index is 0.0557. The third-order valence-corrected chi connectivity index (χ3v) is 5.99. The quantitative estimate of drug-likeness (QED) is 0.416. The van der Waals surface area contributed by atoms with Gasteiger partial charge in [0.1, 0.15) is 0 Å². The van der Waals surface area contributed by atoms with Crippen LogP contribution < -0.4 is 9.77 Å². The summed E-state index contributed by atoms with van der Waals surface area (Å²) in [6.07, 6.45) is 0.500. The highest BCUT2D eigenvalue weighted by Gasteiger charge is 2.11. The van der Waals surface area contributed by atoms with Crippen LogP contribution in [0.1, 0.15) is 20.8 Å². The fourth-order valence-corrected chi connectivity index (χ4v) is 4.18. The number of hydrogen-bond acceptors (Lipinski definition) is 5. The lowest BCUT2D eigenvalue weighted by molar-refractivity contribution is 0.100. The summed E-state index contributed by atoms with van der Waals surface area (Å²) in [6, 6.07) is 25.4. The van der Waals surface area contributed by atoms with Gasteiger partial charge >= 0.3 is 4.87 Å². The number of rotatable bonds is 7. The molecule has 0 fully saturated rings. The first-order valence-corrected chi connectivity index (χ1v) is 10.7. The van der Waals surface area contributed by atoms with E-state index in [1.807, 2.05) is 84.7 Å². The highest BCUT2D eigenvalue weighted by molar-refractivity contribution is 7.09. The molecule has 0 spiro atoms. The molecular weight excluding hydrogens is 408 g/mol. The molecule has 1 heterocycles. The van der Waals surface area contributed by atoms with Gasteiger partial charge in [-0.3, -0.25) is 14.6 Å². The van der Waals surface area contributed by atoms with Crippen molar-refractivity contribution >= 4 is 22.8 Å². The van der Waals surface area contributed by atoms with E-state index in [0.29, 0.717) is 23.4 Å². The van der Waals surface area contributed by atoms with E-state index in [-0.39, 0.29) is 16.5 Å². The molecule has 0 saturated carbocycles. The summed E-state index contributed by atoms with van der Waals surface area (Å²) in [5, 5.41) is 9.77. The monoisotopic (exact) mass is 430 g/mol. The number of Topliss-reactive ketones (excluding diaryl/α,β-unsaturated/α-hetero) is 1. The van der Waals surface area contributed by atoms with Crippen LogP contribution >= 0.6 is 11.3 Å². The maximum atomic E-state index is 12.5. The largest absolute Gasteiger partial charge is 0.494 e. The minimum Gasteiger partial charge on any atom is -0.494 e. The summed E-state index contributed by atoms with van der Waals surface area (Å²) >= 11 is 1.02. The third-order valence-electron chi connectivity index (χ3n) is 5.12. The molecule has 0 unspecified atom stereocenters. The average Bonchev–Trinajstić information content (AvgIpc) is 3.11. The molecule has 6 heteroatoms. The van der Waals surface area contributed by atoms with Crippen molar-refractivity contribution in [2.45, 2.75) is 6.42 Å². The Bertz CT molecular complexity index is 1240. The molecule has 0 atom stereocenters. The molecular formula is C25H22N2O3S. The molecule has 2 N–H and O–H groups in total. The third kappa shape index (κ3) is 4.92. The second-order valence-corrected chi connectivity index (χ2v) is 8.42. The van der Waals surface area contributed by atoms with Crippen LogP contribution in [-0.2, 0) is 6.42 Å². The summed E-state index contributed by atoms with van der Waals surface area (Å²) < 4.78 is 0. The lowest BCUT2D eigenvalue weighted by atomic mass is 10.0. The van der Waals surface area contributed by atoms with Gasteiger partial charge in [-0.05, 0) is 28.8 Å². The lowest BCUT2D eigenvalue weighted by Gasteiger charge is -2.19. The van der Waals surface area contributed by atoms with Crippen molar-refractivity contribution in [3.8, 4) is 17.0 Å². The van der Waals surface area contributed by atoms with E-state index in [1.165, 1.54) is 0 Å². The maximum Gasteiger partial charge on any atom is 0.307 e. The van der Waals surface area contributed by atoms with E-state index in [0.717, 1.165) is 33.7 Å². The normalized spacial score (nSPS) is 10.7. The summed E-state index contributed by atoms with van der Waals surface area (Å²) in [5.74, 6) is 0.0213. The van der Waals surface area contributed by atoms with Gasteiger partial charge < -0.3 is 10.0 Å². The predicted molar refractivity (Wildman–Crippen MR) is 125 cm³/mol. The van der Waals surface area contributed by atoms with Gasteiger partial charge in [0.15, 0.2) is 5.78 Å². The van der Waals surface area contributed by atoms with Crippen LogP contribution in [0.4, 0.5) is 5.69 Å². The second kappa shape index (κ2) is 9.02. The molecule has 156 valence electrons. The smallest absolute Gasteiger partial charge is 0.307 e. The predicted octanol–water partition coefficient (Wildman–Crippen LogP) is 4.72. The van der Waals surface area contributed by atoms with E-state index in [9.17, 15) is 14.7 Å². The number of H-pyrrole nitrogens is 1. The number of aromatic nitrogens is 1. The molecule has 31 heavy (non-hydrogen) atoms. The number of carbonyl (C=O) groups is 1. The summed E-state index contributed by atoms with van der Waals surface area (Å²) in [6.45, 7) is 0.301. The molecule has 5 nitrogen and oxygen atoms in total. The molecule has 0 aliphatic heterocycles. The van der Waals surface area contributed by atoms with Gasteiger partial charge in [0.2, 0.25) is 5.88 Å². The zero-order valence-electron chi connectivity index (χ0n) is 17.0. The van der Waals surface area contributed by atoms with Crippen LogP contribution in [0.2, 0.25) is 0 Å². The first-order valence-electron chi connectivity index (χ1n) is 9.89. The van der Waals surface area contributed by atoms with Crippen molar-refractivity contribution in [3.63, 3.8) is 0 Å². The van der Waals surface area contributed by atoms with Crippen molar-refractivity contribution in [2.75, 3.05) is 18.5 Å². The summed E-state index contributed by atoms with van der Waals surface area (Å²) in [5.41, 5.74) is 4.79. The summed E-state index contributed by atoms with van der Waals surface area (Å²) in [7, 11) is 1.91. The Labute approximate surface area is 184 Å². The fourth-order valence-electron chi connectivity index (χ4n) is 3.42. The number of anilines is 1. The van der Waals surface area contributed by atoms with Crippen LogP contribution in [0, 0.1) is 0 Å². The van der Waals surface area contributed by atoms with Crippen LogP contribution in [0.15, 0.2) is 83.7 Å². The van der Waals surface area contributed by atoms with Crippen molar-refractivity contribution in [1.29, 1.82) is 0 Å². The summed E-state index contributed by atoms with van der Waals surface area (Å²) in [4.78, 5) is 28.6. The van der Waals surface area contributed by atoms with Gasteiger partial charge in [0, 0.05) is 24.7 Å². The molecule has 3 aromatic carbocycles. The van der Waals surface area contributed by atoms with E-state index in [2.05, 4.69) is 11.1 Å². The first kappa shape index (κ1) is 20.6. The number of aromatic hydroxyl groups is 1. The van der Waals surface area contributed by atoms with Crippen molar-refractivity contribution < 1.29 is 9.90 Å². The average molecular weight is 431 g/mol. The number of hydrogen-bond donors (Lipinski definition) is 2. The molecule has 0 aliphatic carbocycles. The van der Waals surface area contributed by atoms with Gasteiger partial charge in [-0.25, -0.2) is 0 Å². The highest BCUT2D eigenvalue weighted by Crippen LogP contribution is 2.26. The molecule has 4 aromatic rings. The Morgan fingerprint density at radius 3 is 2.39 bits per heavy atom. The molecule has 0 aliphatic rings. The van der Waals surface area contributed by atoms with Gasteiger partial charge in [-0.2, -0.15) is 0 Å². The number of nitrogens with zero attached hydrogens (tertiary/aromatic N) is 1. The Balaban J connectivity index is 1.48. The van der Waals surface area contributed by atoms with Gasteiger partial charge in [0.25, 0.3) is 0 Å². The number of ketones is 1. The highest BCUT2D eigenvalue weighted by atomic mass is 32.1. The minimum atomic E-state index is -0.254. The Morgan fingerprint density at radius 1 is 0.968 bits per heavy atom. The van der Waals surface area contributed by atoms with E-state index < -0.39 is 0 Å². The molecule has 4 rings (SSSR count). The number of thiazole rings is 1.